The Balaban J connectivity index is 4.70. The third-order valence-electron chi connectivity index (χ3n) is 1.97. The highest BCUT2D eigenvalue weighted by atomic mass is 16.2. The first-order valence-corrected chi connectivity index (χ1v) is 5.86. The van der Waals surface area contributed by atoms with Gasteiger partial charge in [-0.3, -0.25) is 9.59 Å². The minimum atomic E-state index is -0.289. The van der Waals surface area contributed by atoms with Gasteiger partial charge in [-0.15, -0.1) is 0 Å². The van der Waals surface area contributed by atoms with Gasteiger partial charge in [-0.25, -0.2) is 4.99 Å². The molecule has 0 heterocycles. The van der Waals surface area contributed by atoms with Crippen LogP contribution in [0.25, 0.3) is 0 Å². The SMILES string of the molecule is CC(=N/C(=C\N)NC(=O)C(C)C)C(=O)NC(C)C. The van der Waals surface area contributed by atoms with Gasteiger partial charge in [-0.2, -0.15) is 0 Å². The fraction of sp³-hybridized carbons (Fsp3) is 0.583. The summed E-state index contributed by atoms with van der Waals surface area (Å²) in [6.45, 7) is 8.77. The molecule has 0 aromatic rings. The Hall–Kier alpha value is -1.85. The van der Waals surface area contributed by atoms with Crippen LogP contribution in [-0.2, 0) is 9.59 Å². The second-order valence-corrected chi connectivity index (χ2v) is 4.52. The minimum absolute atomic E-state index is 0.0261. The molecular weight excluding hydrogens is 232 g/mol. The van der Waals surface area contributed by atoms with Crippen LogP contribution in [0.4, 0.5) is 0 Å². The molecule has 0 radical (unpaired) electrons. The quantitative estimate of drug-likeness (QED) is 0.623. The van der Waals surface area contributed by atoms with Crippen LogP contribution in [0, 0.1) is 5.92 Å². The highest BCUT2D eigenvalue weighted by molar-refractivity contribution is 6.38. The van der Waals surface area contributed by atoms with Gasteiger partial charge >= 0.3 is 0 Å². The van der Waals surface area contributed by atoms with Gasteiger partial charge in [-0.05, 0) is 20.8 Å². The van der Waals surface area contributed by atoms with E-state index in [1.807, 2.05) is 13.8 Å². The summed E-state index contributed by atoms with van der Waals surface area (Å²) in [6, 6.07) is 0.0261. The summed E-state index contributed by atoms with van der Waals surface area (Å²) < 4.78 is 0. The molecule has 0 rings (SSSR count). The van der Waals surface area contributed by atoms with Crippen molar-refractivity contribution >= 4 is 17.5 Å². The van der Waals surface area contributed by atoms with Gasteiger partial charge in [-0.1, -0.05) is 13.8 Å². The van der Waals surface area contributed by atoms with Crippen LogP contribution in [-0.4, -0.2) is 23.6 Å². The molecule has 6 nitrogen and oxygen atoms in total. The molecule has 0 saturated heterocycles. The number of carbonyl (C=O) groups is 2. The summed E-state index contributed by atoms with van der Waals surface area (Å²) >= 11 is 0. The Kier molecular flexibility index (Phi) is 6.70. The highest BCUT2D eigenvalue weighted by Crippen LogP contribution is 1.97. The summed E-state index contributed by atoms with van der Waals surface area (Å²) in [7, 11) is 0. The van der Waals surface area contributed by atoms with E-state index in [9.17, 15) is 9.59 Å². The highest BCUT2D eigenvalue weighted by Gasteiger charge is 2.11. The van der Waals surface area contributed by atoms with Crippen molar-refractivity contribution in [1.82, 2.24) is 10.6 Å². The van der Waals surface area contributed by atoms with E-state index in [-0.39, 0.29) is 35.3 Å². The zero-order valence-corrected chi connectivity index (χ0v) is 11.6. The lowest BCUT2D eigenvalue weighted by molar-refractivity contribution is -0.123. The lowest BCUT2D eigenvalue weighted by Gasteiger charge is -2.10. The number of amides is 2. The summed E-state index contributed by atoms with van der Waals surface area (Å²) in [5, 5.41) is 5.23. The average molecular weight is 254 g/mol. The Bertz CT molecular complexity index is 370. The van der Waals surface area contributed by atoms with Gasteiger partial charge < -0.3 is 16.4 Å². The molecule has 0 aliphatic rings. The van der Waals surface area contributed by atoms with Crippen LogP contribution >= 0.6 is 0 Å². The van der Waals surface area contributed by atoms with Crippen LogP contribution in [0.15, 0.2) is 17.0 Å². The normalized spacial score (nSPS) is 12.8. The first kappa shape index (κ1) is 16.1. The van der Waals surface area contributed by atoms with Gasteiger partial charge in [0.05, 0.1) is 0 Å². The third-order valence-corrected chi connectivity index (χ3v) is 1.97. The average Bonchev–Trinajstić information content (AvgIpc) is 2.26. The molecule has 4 N–H and O–H groups in total. The number of hydrogen-bond acceptors (Lipinski definition) is 4. The molecule has 0 spiro atoms. The number of nitrogens with two attached hydrogens (primary N) is 1. The number of nitrogens with zero attached hydrogens (tertiary/aromatic N) is 1. The molecule has 0 aliphatic heterocycles. The van der Waals surface area contributed by atoms with Crippen LogP contribution in [0.1, 0.15) is 34.6 Å². The predicted molar refractivity (Wildman–Crippen MR) is 71.6 cm³/mol. The van der Waals surface area contributed by atoms with Gasteiger partial charge in [0.25, 0.3) is 5.91 Å². The van der Waals surface area contributed by atoms with Gasteiger partial charge in [0.2, 0.25) is 5.91 Å². The van der Waals surface area contributed by atoms with E-state index in [1.165, 1.54) is 0 Å². The molecule has 0 aromatic carbocycles. The van der Waals surface area contributed by atoms with E-state index in [4.69, 9.17) is 5.73 Å². The maximum Gasteiger partial charge on any atom is 0.265 e. The van der Waals surface area contributed by atoms with E-state index in [0.717, 1.165) is 6.20 Å². The standard InChI is InChI=1S/C12H22N4O2/c1-7(2)11(17)16-10(6-13)15-9(5)12(18)14-8(3)4/h6-8H,13H2,1-5H3,(H,14,18)(H,16,17)/b10-6+,15-9?. The second-order valence-electron chi connectivity index (χ2n) is 4.52. The molecule has 0 unspecified atom stereocenters. The molecule has 0 bridgehead atoms. The van der Waals surface area contributed by atoms with Crippen molar-refractivity contribution in [3.63, 3.8) is 0 Å². The smallest absolute Gasteiger partial charge is 0.265 e. The van der Waals surface area contributed by atoms with Crippen LogP contribution in [0.2, 0.25) is 0 Å². The Morgan fingerprint density at radius 1 is 1.22 bits per heavy atom. The molecule has 6 heteroatoms. The topological polar surface area (TPSA) is 96.6 Å². The summed E-state index contributed by atoms with van der Waals surface area (Å²) in [5.74, 6) is -0.499. The predicted octanol–water partition coefficient (Wildman–Crippen LogP) is 0.502. The Morgan fingerprint density at radius 2 is 1.78 bits per heavy atom. The van der Waals surface area contributed by atoms with E-state index < -0.39 is 0 Å². The maximum absolute atomic E-state index is 11.6. The molecule has 0 atom stereocenters. The van der Waals surface area contributed by atoms with Crippen molar-refractivity contribution in [2.24, 2.45) is 16.6 Å². The minimum Gasteiger partial charge on any atom is -0.402 e. The maximum atomic E-state index is 11.6. The molecule has 0 fully saturated rings. The number of hydrogen-bond donors (Lipinski definition) is 3. The van der Waals surface area contributed by atoms with E-state index in [2.05, 4.69) is 15.6 Å². The molecular formula is C12H22N4O2. The van der Waals surface area contributed by atoms with Crippen molar-refractivity contribution in [2.45, 2.75) is 40.7 Å². The molecule has 18 heavy (non-hydrogen) atoms. The van der Waals surface area contributed by atoms with Crippen LogP contribution in [0.3, 0.4) is 0 Å². The number of nitrogens with one attached hydrogen (secondary N) is 2. The zero-order chi connectivity index (χ0) is 14.3. The van der Waals surface area contributed by atoms with Crippen molar-refractivity contribution in [3.05, 3.63) is 12.0 Å². The molecule has 0 saturated carbocycles. The van der Waals surface area contributed by atoms with Crippen molar-refractivity contribution < 1.29 is 9.59 Å². The van der Waals surface area contributed by atoms with Gasteiger partial charge in [0.1, 0.15) is 11.5 Å². The summed E-state index contributed by atoms with van der Waals surface area (Å²) in [4.78, 5) is 27.0. The fourth-order valence-electron chi connectivity index (χ4n) is 0.976. The van der Waals surface area contributed by atoms with Crippen LogP contribution < -0.4 is 16.4 Å². The van der Waals surface area contributed by atoms with E-state index in [1.54, 1.807) is 20.8 Å². The van der Waals surface area contributed by atoms with E-state index in [0.29, 0.717) is 0 Å². The lowest BCUT2D eigenvalue weighted by Crippen LogP contribution is -2.35. The van der Waals surface area contributed by atoms with Gasteiger partial charge in [0, 0.05) is 18.2 Å². The Morgan fingerprint density at radius 3 is 2.17 bits per heavy atom. The molecule has 0 aliphatic carbocycles. The van der Waals surface area contributed by atoms with E-state index >= 15 is 0 Å². The second kappa shape index (κ2) is 7.47. The van der Waals surface area contributed by atoms with Crippen LogP contribution in [0.5, 0.6) is 0 Å². The molecule has 102 valence electrons. The van der Waals surface area contributed by atoms with Gasteiger partial charge in [0.15, 0.2) is 0 Å². The zero-order valence-electron chi connectivity index (χ0n) is 11.6. The Labute approximate surface area is 108 Å². The molecule has 2 amide bonds. The van der Waals surface area contributed by atoms with Crippen molar-refractivity contribution in [2.75, 3.05) is 0 Å². The third kappa shape index (κ3) is 6.03. The summed E-state index contributed by atoms with van der Waals surface area (Å²) in [5.41, 5.74) is 5.60. The first-order chi connectivity index (χ1) is 8.27. The summed E-state index contributed by atoms with van der Waals surface area (Å²) in [6.07, 6.45) is 1.16. The lowest BCUT2D eigenvalue weighted by atomic mass is 10.2. The fourth-order valence-corrected chi connectivity index (χ4v) is 0.976. The largest absolute Gasteiger partial charge is 0.402 e. The number of aliphatic imine (C=N–C) groups is 1. The monoisotopic (exact) mass is 254 g/mol. The van der Waals surface area contributed by atoms with Crippen molar-refractivity contribution in [1.29, 1.82) is 0 Å². The molecule has 0 aromatic heterocycles. The van der Waals surface area contributed by atoms with Crippen molar-refractivity contribution in [3.8, 4) is 0 Å². The number of carbonyl (C=O) groups excluding carboxylic acids is 2. The number of rotatable bonds is 5. The first-order valence-electron chi connectivity index (χ1n) is 5.86.